The fourth-order valence-electron chi connectivity index (χ4n) is 2.08. The van der Waals surface area contributed by atoms with E-state index < -0.39 is 0 Å². The van der Waals surface area contributed by atoms with E-state index in [1.54, 1.807) is 0 Å². The van der Waals surface area contributed by atoms with Crippen molar-refractivity contribution in [1.29, 1.82) is 0 Å². The maximum Gasteiger partial charge on any atom is 0.152 e. The maximum absolute atomic E-state index is 9.46. The number of aryl methyl sites for hydroxylation is 1. The Labute approximate surface area is 150 Å². The van der Waals surface area contributed by atoms with Crippen molar-refractivity contribution in [2.45, 2.75) is 39.3 Å². The number of unbranched alkanes of at least 4 members (excludes halogenated alkanes) is 1. The summed E-state index contributed by atoms with van der Waals surface area (Å²) in [6, 6.07) is 10.8. The molecule has 1 aromatic carbocycles. The SMILES string of the molecule is CCCCc1nc(Cl)c(CO)n1Cc1cc[c-]cc1.[Y]. The van der Waals surface area contributed by atoms with Crippen LogP contribution in [-0.2, 0) is 52.3 Å². The molecule has 1 radical (unpaired) electrons. The van der Waals surface area contributed by atoms with Crippen molar-refractivity contribution in [2.24, 2.45) is 0 Å². The van der Waals surface area contributed by atoms with Gasteiger partial charge in [0.15, 0.2) is 5.15 Å². The largest absolute Gasteiger partial charge is 0.390 e. The average Bonchev–Trinajstić information content (AvgIpc) is 2.73. The Morgan fingerprint density at radius 2 is 2.05 bits per heavy atom. The molecule has 0 saturated carbocycles. The molecule has 0 fully saturated rings. The Hall–Kier alpha value is -0.216. The standard InChI is InChI=1S/C15H18ClN2O.Y/c1-2-3-9-14-17-15(16)13(11-19)18(14)10-12-7-5-4-6-8-12;/h5-8,19H,2-3,9-11H2,1H3;/q-1;. The van der Waals surface area contributed by atoms with Crippen molar-refractivity contribution < 1.29 is 37.8 Å². The minimum atomic E-state index is -0.0864. The fraction of sp³-hybridized carbons (Fsp3) is 0.400. The summed E-state index contributed by atoms with van der Waals surface area (Å²) in [4.78, 5) is 4.38. The molecule has 0 atom stereocenters. The third-order valence-corrected chi connectivity index (χ3v) is 3.44. The Kier molecular flexibility index (Phi) is 7.97. The summed E-state index contributed by atoms with van der Waals surface area (Å²) >= 11 is 6.10. The zero-order valence-electron chi connectivity index (χ0n) is 11.6. The normalized spacial score (nSPS) is 10.3. The number of rotatable bonds is 6. The van der Waals surface area contributed by atoms with Crippen LogP contribution in [0.25, 0.3) is 0 Å². The van der Waals surface area contributed by atoms with Gasteiger partial charge >= 0.3 is 0 Å². The monoisotopic (exact) mass is 366 g/mol. The molecule has 3 nitrogen and oxygen atoms in total. The number of benzene rings is 1. The molecule has 2 rings (SSSR count). The topological polar surface area (TPSA) is 38.1 Å². The number of halogens is 1. The van der Waals surface area contributed by atoms with Gasteiger partial charge in [0.2, 0.25) is 0 Å². The van der Waals surface area contributed by atoms with E-state index in [1.165, 1.54) is 0 Å². The molecule has 1 heterocycles. The van der Waals surface area contributed by atoms with E-state index in [0.29, 0.717) is 17.4 Å². The molecule has 0 amide bonds. The molecular formula is C15H18ClN2OY-. The van der Waals surface area contributed by atoms with Crippen molar-refractivity contribution in [1.82, 2.24) is 9.55 Å². The zero-order chi connectivity index (χ0) is 13.7. The van der Waals surface area contributed by atoms with Crippen LogP contribution in [0.4, 0.5) is 0 Å². The van der Waals surface area contributed by atoms with Crippen molar-refractivity contribution in [3.05, 3.63) is 52.6 Å². The van der Waals surface area contributed by atoms with Crippen LogP contribution in [-0.4, -0.2) is 14.7 Å². The van der Waals surface area contributed by atoms with Gasteiger partial charge in [0.1, 0.15) is 5.82 Å². The molecule has 0 unspecified atom stereocenters. The smallest absolute Gasteiger partial charge is 0.152 e. The van der Waals surface area contributed by atoms with Crippen molar-refractivity contribution >= 4 is 11.6 Å². The van der Waals surface area contributed by atoms with Crippen LogP contribution in [0.1, 0.15) is 36.8 Å². The molecule has 2 aromatic rings. The minimum absolute atomic E-state index is 0. The second-order valence-electron chi connectivity index (χ2n) is 4.52. The summed E-state index contributed by atoms with van der Waals surface area (Å²) < 4.78 is 2.02. The molecule has 105 valence electrons. The van der Waals surface area contributed by atoms with Crippen LogP contribution in [0.3, 0.4) is 0 Å². The van der Waals surface area contributed by atoms with Gasteiger partial charge in [-0.1, -0.05) is 24.9 Å². The van der Waals surface area contributed by atoms with Gasteiger partial charge in [-0.2, -0.15) is 30.3 Å². The summed E-state index contributed by atoms with van der Waals surface area (Å²) in [5.41, 5.74) is 1.85. The summed E-state index contributed by atoms with van der Waals surface area (Å²) in [5, 5.41) is 9.88. The van der Waals surface area contributed by atoms with Gasteiger partial charge in [0.05, 0.1) is 12.3 Å². The molecule has 0 spiro atoms. The number of hydrogen-bond acceptors (Lipinski definition) is 2. The first-order chi connectivity index (χ1) is 9.26. The van der Waals surface area contributed by atoms with E-state index in [0.717, 1.165) is 30.7 Å². The number of hydrogen-bond donors (Lipinski definition) is 1. The molecule has 0 bridgehead atoms. The van der Waals surface area contributed by atoms with Crippen LogP contribution in [0.15, 0.2) is 24.3 Å². The number of nitrogens with zero attached hydrogens (tertiary/aromatic N) is 2. The molecule has 1 N–H and O–H groups in total. The molecule has 0 aliphatic heterocycles. The summed E-state index contributed by atoms with van der Waals surface area (Å²) in [5.74, 6) is 0.948. The van der Waals surface area contributed by atoms with Crippen LogP contribution < -0.4 is 0 Å². The fourth-order valence-corrected chi connectivity index (χ4v) is 2.34. The minimum Gasteiger partial charge on any atom is -0.390 e. The first-order valence-electron chi connectivity index (χ1n) is 6.55. The molecular weight excluding hydrogens is 349 g/mol. The summed E-state index contributed by atoms with van der Waals surface area (Å²) in [7, 11) is 0. The third kappa shape index (κ3) is 4.39. The molecule has 1 aromatic heterocycles. The average molecular weight is 367 g/mol. The molecule has 0 aliphatic rings. The quantitative estimate of drug-likeness (QED) is 0.797. The Bertz CT molecular complexity index is 528. The van der Waals surface area contributed by atoms with Crippen LogP contribution in [0, 0.1) is 6.07 Å². The Morgan fingerprint density at radius 3 is 2.65 bits per heavy atom. The Balaban J connectivity index is 0.00000200. The summed E-state index contributed by atoms with van der Waals surface area (Å²) in [6.45, 7) is 2.75. The van der Waals surface area contributed by atoms with Gasteiger partial charge in [0, 0.05) is 45.7 Å². The number of imidazole rings is 1. The third-order valence-electron chi connectivity index (χ3n) is 3.13. The van der Waals surface area contributed by atoms with E-state index in [2.05, 4.69) is 18.0 Å². The van der Waals surface area contributed by atoms with Crippen molar-refractivity contribution in [3.8, 4) is 0 Å². The van der Waals surface area contributed by atoms with Crippen LogP contribution >= 0.6 is 11.6 Å². The van der Waals surface area contributed by atoms with Crippen LogP contribution in [0.2, 0.25) is 5.15 Å². The van der Waals surface area contributed by atoms with Crippen LogP contribution in [0.5, 0.6) is 0 Å². The first kappa shape index (κ1) is 17.8. The van der Waals surface area contributed by atoms with Gasteiger partial charge in [-0.15, -0.1) is 5.56 Å². The van der Waals surface area contributed by atoms with E-state index in [-0.39, 0.29) is 39.3 Å². The van der Waals surface area contributed by atoms with Gasteiger partial charge in [0.25, 0.3) is 0 Å². The summed E-state index contributed by atoms with van der Waals surface area (Å²) in [6.07, 6.45) is 3.06. The molecule has 5 heteroatoms. The zero-order valence-corrected chi connectivity index (χ0v) is 15.2. The molecule has 0 saturated heterocycles. The van der Waals surface area contributed by atoms with E-state index in [9.17, 15) is 5.11 Å². The molecule has 20 heavy (non-hydrogen) atoms. The van der Waals surface area contributed by atoms with E-state index in [4.69, 9.17) is 11.6 Å². The second-order valence-corrected chi connectivity index (χ2v) is 4.88. The van der Waals surface area contributed by atoms with Gasteiger partial charge in [-0.05, 0) is 6.42 Å². The van der Waals surface area contributed by atoms with Crippen molar-refractivity contribution in [2.75, 3.05) is 0 Å². The number of aromatic nitrogens is 2. The number of aliphatic hydroxyl groups is 1. The van der Waals surface area contributed by atoms with E-state index in [1.807, 2.05) is 28.8 Å². The van der Waals surface area contributed by atoms with Gasteiger partial charge in [-0.3, -0.25) is 0 Å². The van der Waals surface area contributed by atoms with Gasteiger partial charge < -0.3 is 9.67 Å². The predicted octanol–water partition coefficient (Wildman–Crippen LogP) is 3.22. The Morgan fingerprint density at radius 1 is 1.35 bits per heavy atom. The van der Waals surface area contributed by atoms with Gasteiger partial charge in [-0.25, -0.2) is 4.98 Å². The first-order valence-corrected chi connectivity index (χ1v) is 6.93. The predicted molar refractivity (Wildman–Crippen MR) is 76.2 cm³/mol. The second kappa shape index (κ2) is 8.94. The van der Waals surface area contributed by atoms with Crippen molar-refractivity contribution in [3.63, 3.8) is 0 Å². The van der Waals surface area contributed by atoms with E-state index >= 15 is 0 Å². The molecule has 0 aliphatic carbocycles. The number of aliphatic hydroxyl groups excluding tert-OH is 1. The maximum atomic E-state index is 9.46.